The van der Waals surface area contributed by atoms with Gasteiger partial charge in [0, 0.05) is 11.3 Å². The molecule has 2 N–H and O–H groups in total. The number of aliphatic imine (C=N–C) groups is 1. The molecule has 0 amide bonds. The quantitative estimate of drug-likeness (QED) is 0.0297. The standard InChI is InChI=1S/C32H36F7N3O5S.Na/c1-2-3-4-5-6-7-8-9-10-11-12-21-13-16-23(17-14-21)41-42-27-26(48(45,46)47)19-22-15-18-24(20-25(22)28(27)43)40-29(44)30(33,34)31(35,36)32(37,38)39;/h13-20,43H,2-12H2,1H3,(H,40,44)(H,45,46,47);/q;+1/p-1. The van der Waals surface area contributed by atoms with Gasteiger partial charge in [-0.1, -0.05) is 82.9 Å². The monoisotopic (exact) mass is 729 g/mol. The van der Waals surface area contributed by atoms with E-state index in [4.69, 9.17) is 0 Å². The van der Waals surface area contributed by atoms with Crippen LogP contribution >= 0.6 is 0 Å². The van der Waals surface area contributed by atoms with E-state index in [0.717, 1.165) is 43.4 Å². The first-order valence-electron chi connectivity index (χ1n) is 15.3. The van der Waals surface area contributed by atoms with Crippen molar-refractivity contribution in [2.45, 2.75) is 100 Å². The fourth-order valence-corrected chi connectivity index (χ4v) is 5.50. The van der Waals surface area contributed by atoms with E-state index in [1.807, 2.05) is 0 Å². The maximum atomic E-state index is 13.8. The van der Waals surface area contributed by atoms with Gasteiger partial charge in [-0.25, -0.2) is 0 Å². The molecule has 0 saturated carbocycles. The second-order valence-electron chi connectivity index (χ2n) is 11.3. The molecule has 0 spiro atoms. The number of nitrogens with zero attached hydrogens (tertiary/aromatic N) is 3. The van der Waals surface area contributed by atoms with Crippen molar-refractivity contribution in [3.63, 3.8) is 0 Å². The number of halogens is 7. The van der Waals surface area contributed by atoms with Gasteiger partial charge < -0.3 is 10.2 Å². The van der Waals surface area contributed by atoms with Crippen LogP contribution in [0.1, 0.15) is 76.7 Å². The van der Waals surface area contributed by atoms with Crippen molar-refractivity contribution in [3.8, 4) is 5.75 Å². The van der Waals surface area contributed by atoms with Crippen LogP contribution in [0.3, 0.4) is 0 Å². The van der Waals surface area contributed by atoms with Gasteiger partial charge in [0.05, 0.1) is 11.4 Å². The third kappa shape index (κ3) is 11.1. The molecule has 3 rings (SSSR count). The van der Waals surface area contributed by atoms with Crippen LogP contribution in [0.15, 0.2) is 68.6 Å². The molecule has 3 aromatic rings. The Balaban J connectivity index is 0.00000833. The number of unbranched alkanes of at least 4 members (excludes halogenated alkanes) is 9. The second kappa shape index (κ2) is 17.9. The molecule has 17 heteroatoms. The molecule has 0 aliphatic heterocycles. The predicted octanol–water partition coefficient (Wildman–Crippen LogP) is 6.90. The van der Waals surface area contributed by atoms with Gasteiger partial charge in [-0.2, -0.15) is 44.3 Å². The Kier molecular flexibility index (Phi) is 15.5. The van der Waals surface area contributed by atoms with Crippen molar-refractivity contribution < 1.29 is 83.5 Å². The average molecular weight is 730 g/mol. The molecule has 8 nitrogen and oxygen atoms in total. The van der Waals surface area contributed by atoms with Gasteiger partial charge in [-0.15, -0.1) is 5.11 Å². The van der Waals surface area contributed by atoms with Crippen molar-refractivity contribution in [2.24, 2.45) is 15.2 Å². The first kappa shape index (κ1) is 42.4. The number of aryl methyl sites for hydroxylation is 1. The van der Waals surface area contributed by atoms with Gasteiger partial charge in [0.25, 0.3) is 10.1 Å². The first-order valence-corrected chi connectivity index (χ1v) is 16.7. The van der Waals surface area contributed by atoms with E-state index in [9.17, 15) is 53.9 Å². The number of hydrogen-bond acceptors (Lipinski definition) is 7. The Morgan fingerprint density at radius 2 is 1.31 bits per heavy atom. The molecule has 0 saturated heterocycles. The van der Waals surface area contributed by atoms with Gasteiger partial charge in [0.1, 0.15) is 10.6 Å². The van der Waals surface area contributed by atoms with Gasteiger partial charge >= 0.3 is 47.6 Å². The van der Waals surface area contributed by atoms with Crippen LogP contribution in [0.2, 0.25) is 0 Å². The minimum atomic E-state index is -6.76. The SMILES string of the molecule is CCCCCCCCCCCCc1ccc(N=Nc2c(S(=O)(=O)O)cc3ccc(N=C([O-])C(F)(F)C(F)(F)C(F)(F)F)cc3c2O)cc1.[Na+]. The fraction of sp³-hybridized carbons (Fsp3) is 0.469. The van der Waals surface area contributed by atoms with Crippen molar-refractivity contribution in [3.05, 3.63) is 54.1 Å². The summed E-state index contributed by atoms with van der Waals surface area (Å²) in [6.07, 6.45) is 6.05. The fourth-order valence-electron chi connectivity index (χ4n) is 4.85. The Bertz CT molecular complexity index is 1720. The van der Waals surface area contributed by atoms with E-state index in [1.165, 1.54) is 44.9 Å². The smallest absolute Gasteiger partial charge is 0.857 e. The number of fused-ring (bicyclic) bond motifs is 1. The molecule has 3 aromatic carbocycles. The summed E-state index contributed by atoms with van der Waals surface area (Å²) in [5, 5.41) is 29.6. The number of phenols is 1. The van der Waals surface area contributed by atoms with Crippen LogP contribution in [0.25, 0.3) is 10.8 Å². The third-order valence-corrected chi connectivity index (χ3v) is 8.45. The Morgan fingerprint density at radius 1 is 0.776 bits per heavy atom. The van der Waals surface area contributed by atoms with Crippen LogP contribution in [0.5, 0.6) is 5.75 Å². The van der Waals surface area contributed by atoms with E-state index in [1.54, 1.807) is 24.3 Å². The Morgan fingerprint density at radius 3 is 1.84 bits per heavy atom. The molecule has 0 unspecified atom stereocenters. The van der Waals surface area contributed by atoms with Gasteiger partial charge in [-0.05, 0) is 54.1 Å². The molecule has 0 radical (unpaired) electrons. The van der Waals surface area contributed by atoms with Crippen LogP contribution in [0, 0.1) is 0 Å². The van der Waals surface area contributed by atoms with E-state index in [2.05, 4.69) is 22.1 Å². The molecule has 0 atom stereocenters. The molecule has 0 heterocycles. The largest absolute Gasteiger partial charge is 1.00 e. The number of azo groups is 1. The molecule has 0 fully saturated rings. The summed E-state index contributed by atoms with van der Waals surface area (Å²) in [6, 6.07) is 9.81. The average Bonchev–Trinajstić information content (AvgIpc) is 3.01. The number of aromatic hydroxyl groups is 1. The molecular formula is C32H35F7N3NaO5S. The molecule has 0 aliphatic carbocycles. The summed E-state index contributed by atoms with van der Waals surface area (Å²) >= 11 is 0. The van der Waals surface area contributed by atoms with Crippen LogP contribution < -0.4 is 34.7 Å². The summed E-state index contributed by atoms with van der Waals surface area (Å²) in [7, 11) is -5.04. The summed E-state index contributed by atoms with van der Waals surface area (Å²) < 4.78 is 125. The zero-order chi connectivity index (χ0) is 35.8. The van der Waals surface area contributed by atoms with Crippen LogP contribution in [-0.2, 0) is 16.5 Å². The van der Waals surface area contributed by atoms with Crippen molar-refractivity contribution in [1.82, 2.24) is 0 Å². The molecule has 264 valence electrons. The van der Waals surface area contributed by atoms with E-state index in [-0.39, 0.29) is 40.6 Å². The van der Waals surface area contributed by atoms with Crippen LogP contribution in [0.4, 0.5) is 47.8 Å². The van der Waals surface area contributed by atoms with Gasteiger partial charge in [-0.3, -0.25) is 9.55 Å². The Labute approximate surface area is 301 Å². The minimum Gasteiger partial charge on any atom is -0.857 e. The van der Waals surface area contributed by atoms with Gasteiger partial charge in [0.15, 0.2) is 5.75 Å². The molecular weight excluding hydrogens is 694 g/mol. The minimum absolute atomic E-state index is 0. The van der Waals surface area contributed by atoms with Crippen molar-refractivity contribution >= 4 is 43.9 Å². The van der Waals surface area contributed by atoms with Gasteiger partial charge in [0.2, 0.25) is 0 Å². The summed E-state index contributed by atoms with van der Waals surface area (Å²) in [6.45, 7) is 2.19. The first-order chi connectivity index (χ1) is 22.4. The zero-order valence-electron chi connectivity index (χ0n) is 26.9. The summed E-state index contributed by atoms with van der Waals surface area (Å²) in [4.78, 5) is 1.74. The molecule has 49 heavy (non-hydrogen) atoms. The predicted molar refractivity (Wildman–Crippen MR) is 165 cm³/mol. The van der Waals surface area contributed by atoms with Crippen molar-refractivity contribution in [1.29, 1.82) is 0 Å². The van der Waals surface area contributed by atoms with E-state index >= 15 is 0 Å². The number of phenolic OH excluding ortho intramolecular Hbond substituents is 1. The van der Waals surface area contributed by atoms with Crippen molar-refractivity contribution in [2.75, 3.05) is 0 Å². The van der Waals surface area contributed by atoms with Crippen LogP contribution in [-0.4, -0.2) is 42.0 Å². The number of rotatable bonds is 17. The molecule has 0 aliphatic rings. The zero-order valence-corrected chi connectivity index (χ0v) is 29.7. The maximum Gasteiger partial charge on any atom is 1.00 e. The van der Waals surface area contributed by atoms with E-state index in [0.29, 0.717) is 12.1 Å². The number of hydrogen-bond donors (Lipinski definition) is 2. The maximum absolute atomic E-state index is 13.8. The summed E-state index contributed by atoms with van der Waals surface area (Å²) in [5.74, 6) is -17.1. The topological polar surface area (TPSA) is 135 Å². The second-order valence-corrected chi connectivity index (χ2v) is 12.7. The van der Waals surface area contributed by atoms with E-state index < -0.39 is 61.4 Å². The molecule has 0 aromatic heterocycles. The normalized spacial score (nSPS) is 13.3. The number of alkyl halides is 7. The number of benzene rings is 3. The summed E-state index contributed by atoms with van der Waals surface area (Å²) in [5.41, 5.74) is -0.437. The Hall–Kier alpha value is -2.79. The molecule has 0 bridgehead atoms. The third-order valence-electron chi connectivity index (χ3n) is 7.58.